The lowest BCUT2D eigenvalue weighted by Gasteiger charge is -2.38. The van der Waals surface area contributed by atoms with Crippen LogP contribution >= 0.6 is 0 Å². The van der Waals surface area contributed by atoms with Gasteiger partial charge in [0.05, 0.1) is 0 Å². The first-order valence-corrected chi connectivity index (χ1v) is 7.35. The monoisotopic (exact) mass is 292 g/mol. The Hall–Kier alpha value is -1.55. The van der Waals surface area contributed by atoms with Crippen molar-refractivity contribution in [1.82, 2.24) is 0 Å². The number of carbonyl (C=O) groups excluding carboxylic acids is 1. The van der Waals surface area contributed by atoms with E-state index in [0.29, 0.717) is 18.6 Å². The zero-order valence-corrected chi connectivity index (χ0v) is 13.4. The minimum absolute atomic E-state index is 0.236. The maximum Gasteiger partial charge on any atom is 0.158 e. The van der Waals surface area contributed by atoms with E-state index in [9.17, 15) is 15.0 Å². The molecule has 1 unspecified atom stereocenters. The van der Waals surface area contributed by atoms with Crippen LogP contribution in [-0.2, 0) is 11.2 Å². The lowest BCUT2D eigenvalue weighted by Crippen LogP contribution is -2.41. The number of rotatable bonds is 3. The fourth-order valence-corrected chi connectivity index (χ4v) is 2.99. The normalized spacial score (nSPS) is 22.4. The summed E-state index contributed by atoms with van der Waals surface area (Å²) in [5.41, 5.74) is 3.09. The van der Waals surface area contributed by atoms with Crippen molar-refractivity contribution in [3.8, 4) is 11.5 Å². The Labute approximate surface area is 125 Å². The van der Waals surface area contributed by atoms with Gasteiger partial charge in [-0.1, -0.05) is 0 Å². The number of benzene rings is 1. The zero-order chi connectivity index (χ0) is 15.9. The largest absolute Gasteiger partial charge is 0.507 e. The molecule has 1 aliphatic heterocycles. The van der Waals surface area contributed by atoms with Crippen LogP contribution in [0.15, 0.2) is 0 Å². The highest BCUT2D eigenvalue weighted by atomic mass is 16.5. The number of fused-ring (bicyclic) bond motifs is 1. The first-order valence-electron chi connectivity index (χ1n) is 7.35. The molecule has 1 aromatic carbocycles. The smallest absolute Gasteiger partial charge is 0.158 e. The van der Waals surface area contributed by atoms with Gasteiger partial charge in [0.25, 0.3) is 0 Å². The van der Waals surface area contributed by atoms with E-state index >= 15 is 0 Å². The van der Waals surface area contributed by atoms with E-state index in [-0.39, 0.29) is 5.78 Å². The molecule has 0 aromatic heterocycles. The van der Waals surface area contributed by atoms with Gasteiger partial charge in [0.2, 0.25) is 0 Å². The summed E-state index contributed by atoms with van der Waals surface area (Å²) in [6.07, 6.45) is 0.792. The van der Waals surface area contributed by atoms with Crippen molar-refractivity contribution < 1.29 is 19.7 Å². The molecule has 0 fully saturated rings. The Morgan fingerprint density at radius 3 is 2.48 bits per heavy atom. The van der Waals surface area contributed by atoms with Crippen molar-refractivity contribution >= 4 is 5.78 Å². The standard InChI is InChI=1S/C17H24O4/c1-9-10(2)16-13(11(3)15(9)20)6-7-17(5,21-16)8-14(19)12(4)18/h14,19-20H,6-8H2,1-5H3/t14?,17-/m1/s1. The first-order chi connectivity index (χ1) is 9.66. The van der Waals surface area contributed by atoms with Crippen LogP contribution in [0.3, 0.4) is 0 Å². The average Bonchev–Trinajstić information content (AvgIpc) is 2.42. The molecular weight excluding hydrogens is 268 g/mol. The van der Waals surface area contributed by atoms with Crippen LogP contribution in [0.2, 0.25) is 0 Å². The van der Waals surface area contributed by atoms with Crippen LogP contribution in [0, 0.1) is 20.8 Å². The quantitative estimate of drug-likeness (QED) is 0.899. The molecule has 0 amide bonds. The molecule has 4 heteroatoms. The SMILES string of the molecule is CC(=O)C(O)C[C@@]1(C)CCc2c(C)c(O)c(C)c(C)c2O1. The van der Waals surface area contributed by atoms with Crippen LogP contribution < -0.4 is 4.74 Å². The molecule has 1 heterocycles. The van der Waals surface area contributed by atoms with E-state index in [1.807, 2.05) is 27.7 Å². The van der Waals surface area contributed by atoms with Gasteiger partial charge in [-0.3, -0.25) is 4.79 Å². The summed E-state index contributed by atoms with van der Waals surface area (Å²) in [7, 11) is 0. The van der Waals surface area contributed by atoms with E-state index in [4.69, 9.17) is 4.74 Å². The molecule has 0 spiro atoms. The molecule has 1 aromatic rings. The van der Waals surface area contributed by atoms with E-state index in [2.05, 4.69) is 0 Å². The molecule has 116 valence electrons. The van der Waals surface area contributed by atoms with Crippen molar-refractivity contribution in [3.05, 3.63) is 22.3 Å². The summed E-state index contributed by atoms with van der Waals surface area (Å²) in [5, 5.41) is 20.0. The molecule has 2 N–H and O–H groups in total. The third-order valence-electron chi connectivity index (χ3n) is 4.69. The molecule has 0 saturated carbocycles. The van der Waals surface area contributed by atoms with Crippen LogP contribution in [0.25, 0.3) is 0 Å². The van der Waals surface area contributed by atoms with Gasteiger partial charge in [-0.25, -0.2) is 0 Å². The van der Waals surface area contributed by atoms with Crippen LogP contribution in [0.4, 0.5) is 0 Å². The van der Waals surface area contributed by atoms with Crippen molar-refractivity contribution in [2.24, 2.45) is 0 Å². The highest BCUT2D eigenvalue weighted by molar-refractivity contribution is 5.80. The zero-order valence-electron chi connectivity index (χ0n) is 13.4. The second kappa shape index (κ2) is 5.34. The Kier molecular flexibility index (Phi) is 4.02. The number of aliphatic hydroxyl groups excluding tert-OH is 1. The molecule has 0 bridgehead atoms. The van der Waals surface area contributed by atoms with Gasteiger partial charge in [-0.05, 0) is 64.2 Å². The van der Waals surface area contributed by atoms with Crippen LogP contribution in [-0.4, -0.2) is 27.7 Å². The Bertz CT molecular complexity index is 591. The van der Waals surface area contributed by atoms with E-state index in [1.165, 1.54) is 6.92 Å². The van der Waals surface area contributed by atoms with Gasteiger partial charge >= 0.3 is 0 Å². The van der Waals surface area contributed by atoms with Gasteiger partial charge in [0, 0.05) is 12.0 Å². The number of phenols is 1. The Morgan fingerprint density at radius 2 is 1.90 bits per heavy atom. The molecule has 21 heavy (non-hydrogen) atoms. The maximum atomic E-state index is 11.3. The summed E-state index contributed by atoms with van der Waals surface area (Å²) in [6, 6.07) is 0. The van der Waals surface area contributed by atoms with Crippen molar-refractivity contribution in [2.75, 3.05) is 0 Å². The molecule has 4 nitrogen and oxygen atoms in total. The van der Waals surface area contributed by atoms with E-state index in [1.54, 1.807) is 0 Å². The molecule has 0 saturated heterocycles. The third-order valence-corrected chi connectivity index (χ3v) is 4.69. The number of ketones is 1. The lowest BCUT2D eigenvalue weighted by atomic mass is 9.84. The molecule has 0 aliphatic carbocycles. The minimum atomic E-state index is -0.990. The summed E-state index contributed by atoms with van der Waals surface area (Å²) in [5.74, 6) is 0.898. The van der Waals surface area contributed by atoms with Gasteiger partial charge in [0.15, 0.2) is 5.78 Å². The molecule has 1 aliphatic rings. The van der Waals surface area contributed by atoms with Gasteiger partial charge in [0.1, 0.15) is 23.2 Å². The first kappa shape index (κ1) is 15.8. The number of hydrogen-bond acceptors (Lipinski definition) is 4. The molecular formula is C17H24O4. The summed E-state index contributed by atoms with van der Waals surface area (Å²) >= 11 is 0. The predicted molar refractivity (Wildman–Crippen MR) is 81.0 cm³/mol. The molecule has 0 radical (unpaired) electrons. The summed E-state index contributed by atoms with van der Waals surface area (Å²) in [4.78, 5) is 11.3. The number of Topliss-reactive ketones (excluding diaryl/α,β-unsaturated/α-hetero) is 1. The number of hydrogen-bond donors (Lipinski definition) is 2. The van der Waals surface area contributed by atoms with Crippen LogP contribution in [0.1, 0.15) is 48.9 Å². The lowest BCUT2D eigenvalue weighted by molar-refractivity contribution is -0.127. The number of aromatic hydroxyl groups is 1. The second-order valence-electron chi connectivity index (χ2n) is 6.41. The summed E-state index contributed by atoms with van der Waals surface area (Å²) < 4.78 is 6.16. The Morgan fingerprint density at radius 1 is 1.29 bits per heavy atom. The predicted octanol–water partition coefficient (Wildman–Crippen LogP) is 2.74. The third kappa shape index (κ3) is 2.77. The Balaban J connectivity index is 2.38. The minimum Gasteiger partial charge on any atom is -0.507 e. The van der Waals surface area contributed by atoms with Crippen molar-refractivity contribution in [1.29, 1.82) is 0 Å². The molecule has 2 atom stereocenters. The number of carbonyl (C=O) groups is 1. The van der Waals surface area contributed by atoms with Gasteiger partial charge in [-0.2, -0.15) is 0 Å². The van der Waals surface area contributed by atoms with Gasteiger partial charge < -0.3 is 14.9 Å². The highest BCUT2D eigenvalue weighted by Crippen LogP contribution is 2.44. The fraction of sp³-hybridized carbons (Fsp3) is 0.588. The second-order valence-corrected chi connectivity index (χ2v) is 6.41. The van der Waals surface area contributed by atoms with Crippen LogP contribution in [0.5, 0.6) is 11.5 Å². The number of ether oxygens (including phenoxy) is 1. The summed E-state index contributed by atoms with van der Waals surface area (Å²) in [6.45, 7) is 9.02. The topological polar surface area (TPSA) is 66.8 Å². The number of phenolic OH excluding ortho intramolecular Hbond substituents is 1. The maximum absolute atomic E-state index is 11.3. The van der Waals surface area contributed by atoms with Gasteiger partial charge in [-0.15, -0.1) is 0 Å². The molecule has 2 rings (SSSR count). The average molecular weight is 292 g/mol. The van der Waals surface area contributed by atoms with E-state index < -0.39 is 11.7 Å². The van der Waals surface area contributed by atoms with E-state index in [0.717, 1.165) is 34.4 Å². The van der Waals surface area contributed by atoms with Crippen molar-refractivity contribution in [3.63, 3.8) is 0 Å². The fourth-order valence-electron chi connectivity index (χ4n) is 2.99. The number of aliphatic hydroxyl groups is 1. The van der Waals surface area contributed by atoms with Crippen molar-refractivity contribution in [2.45, 2.75) is 65.6 Å². The highest BCUT2D eigenvalue weighted by Gasteiger charge is 2.37.